The first kappa shape index (κ1) is 7.29. The van der Waals surface area contributed by atoms with Crippen LogP contribution >= 0.6 is 0 Å². The summed E-state index contributed by atoms with van der Waals surface area (Å²) in [6.07, 6.45) is 0. The summed E-state index contributed by atoms with van der Waals surface area (Å²) in [4.78, 5) is 0. The van der Waals surface area contributed by atoms with E-state index in [0.717, 1.165) is 13.2 Å². The molecule has 0 saturated carbocycles. The largest absolute Gasteiger partial charge is 0.377 e. The zero-order valence-corrected chi connectivity index (χ0v) is 6.21. The second-order valence-corrected chi connectivity index (χ2v) is 2.12. The van der Waals surface area contributed by atoms with Gasteiger partial charge in [-0.1, -0.05) is 30.3 Å². The fourth-order valence-electron chi connectivity index (χ4n) is 0.794. The molecule has 0 radical (unpaired) electrons. The average Bonchev–Trinajstić information content (AvgIpc) is 2.03. The van der Waals surface area contributed by atoms with Gasteiger partial charge < -0.3 is 4.74 Å². The molecule has 1 heteroatoms. The highest BCUT2D eigenvalue weighted by molar-refractivity contribution is 5.13. The van der Waals surface area contributed by atoms with Crippen molar-refractivity contribution in [1.29, 1.82) is 0 Å². The molecular formula is C9H12O. The molecule has 0 unspecified atom stereocenters. The van der Waals surface area contributed by atoms with E-state index in [2.05, 4.69) is 12.1 Å². The highest BCUT2D eigenvalue weighted by Crippen LogP contribution is 1.99. The molecule has 0 aliphatic carbocycles. The Labute approximate surface area is 61.6 Å². The Balaban J connectivity index is 2.43. The molecule has 10 heavy (non-hydrogen) atoms. The van der Waals surface area contributed by atoms with Crippen molar-refractivity contribution in [2.24, 2.45) is 0 Å². The summed E-state index contributed by atoms with van der Waals surface area (Å²) in [5.41, 5.74) is 1.24. The van der Waals surface area contributed by atoms with Crippen LogP contribution < -0.4 is 0 Å². The van der Waals surface area contributed by atoms with Crippen LogP contribution in [0, 0.1) is 0 Å². The lowest BCUT2D eigenvalue weighted by atomic mass is 10.2. The smallest absolute Gasteiger partial charge is 0.0716 e. The van der Waals surface area contributed by atoms with Gasteiger partial charge in [-0.25, -0.2) is 0 Å². The third-order valence-corrected chi connectivity index (χ3v) is 1.32. The second kappa shape index (κ2) is 4.07. The van der Waals surface area contributed by atoms with Gasteiger partial charge in [-0.3, -0.25) is 0 Å². The molecule has 54 valence electrons. The predicted molar refractivity (Wildman–Crippen MR) is 41.8 cm³/mol. The summed E-state index contributed by atoms with van der Waals surface area (Å²) in [5, 5.41) is 0. The summed E-state index contributed by atoms with van der Waals surface area (Å²) < 4.78 is 5.22. The van der Waals surface area contributed by atoms with Crippen molar-refractivity contribution >= 4 is 0 Å². The first-order valence-corrected chi connectivity index (χ1v) is 3.55. The normalized spacial score (nSPS) is 9.70. The lowest BCUT2D eigenvalue weighted by Crippen LogP contribution is -1.90. The summed E-state index contributed by atoms with van der Waals surface area (Å²) in [6, 6.07) is 10.2. The number of hydrogen-bond acceptors (Lipinski definition) is 1. The van der Waals surface area contributed by atoms with Crippen molar-refractivity contribution in [3.63, 3.8) is 0 Å². The molecule has 0 atom stereocenters. The molecule has 0 aromatic heterocycles. The maximum atomic E-state index is 5.22. The molecule has 0 fully saturated rings. The highest BCUT2D eigenvalue weighted by Gasteiger charge is 1.86. The monoisotopic (exact) mass is 136 g/mol. The van der Waals surface area contributed by atoms with E-state index in [9.17, 15) is 0 Å². The van der Waals surface area contributed by atoms with E-state index in [-0.39, 0.29) is 0 Å². The topological polar surface area (TPSA) is 9.23 Å². The molecule has 0 aliphatic heterocycles. The minimum atomic E-state index is 0.733. The number of ether oxygens (including phenoxy) is 1. The van der Waals surface area contributed by atoms with Crippen molar-refractivity contribution in [3.8, 4) is 0 Å². The van der Waals surface area contributed by atoms with Crippen molar-refractivity contribution in [3.05, 3.63) is 35.9 Å². The fourth-order valence-corrected chi connectivity index (χ4v) is 0.794. The minimum absolute atomic E-state index is 0.733. The van der Waals surface area contributed by atoms with Crippen LogP contribution in [0.4, 0.5) is 0 Å². The van der Waals surface area contributed by atoms with Crippen LogP contribution in [-0.4, -0.2) is 6.61 Å². The van der Waals surface area contributed by atoms with Gasteiger partial charge in [0.15, 0.2) is 0 Å². The lowest BCUT2D eigenvalue weighted by molar-refractivity contribution is 0.134. The van der Waals surface area contributed by atoms with Gasteiger partial charge in [0.05, 0.1) is 6.61 Å². The van der Waals surface area contributed by atoms with E-state index >= 15 is 0 Å². The molecule has 0 N–H and O–H groups in total. The van der Waals surface area contributed by atoms with Gasteiger partial charge in [0, 0.05) is 6.61 Å². The van der Waals surface area contributed by atoms with Crippen molar-refractivity contribution in [1.82, 2.24) is 0 Å². The number of hydrogen-bond donors (Lipinski definition) is 0. The van der Waals surface area contributed by atoms with Gasteiger partial charge in [0.1, 0.15) is 0 Å². The average molecular weight is 136 g/mol. The maximum absolute atomic E-state index is 5.22. The van der Waals surface area contributed by atoms with Crippen LogP contribution in [0.5, 0.6) is 0 Å². The Hall–Kier alpha value is -0.820. The van der Waals surface area contributed by atoms with E-state index in [1.54, 1.807) is 0 Å². The molecule has 1 nitrogen and oxygen atoms in total. The zero-order chi connectivity index (χ0) is 7.23. The summed E-state index contributed by atoms with van der Waals surface area (Å²) in [5.74, 6) is 0. The van der Waals surface area contributed by atoms with Crippen LogP contribution in [-0.2, 0) is 11.3 Å². The molecule has 1 aromatic rings. The van der Waals surface area contributed by atoms with Gasteiger partial charge in [0.2, 0.25) is 0 Å². The van der Waals surface area contributed by atoms with Gasteiger partial charge in [-0.15, -0.1) is 0 Å². The zero-order valence-electron chi connectivity index (χ0n) is 6.21. The first-order chi connectivity index (χ1) is 4.93. The first-order valence-electron chi connectivity index (χ1n) is 3.55. The summed E-state index contributed by atoms with van der Waals surface area (Å²) in [7, 11) is 0. The van der Waals surface area contributed by atoms with Gasteiger partial charge in [0.25, 0.3) is 0 Å². The van der Waals surface area contributed by atoms with Crippen LogP contribution in [0.2, 0.25) is 0 Å². The Kier molecular flexibility index (Phi) is 2.97. The SMILES string of the molecule is CCOCc1ccccc1. The summed E-state index contributed by atoms with van der Waals surface area (Å²) >= 11 is 0. The molecule has 0 aliphatic rings. The second-order valence-electron chi connectivity index (χ2n) is 2.12. The third-order valence-electron chi connectivity index (χ3n) is 1.32. The van der Waals surface area contributed by atoms with Gasteiger partial charge in [-0.05, 0) is 12.5 Å². The molecule has 0 amide bonds. The Morgan fingerprint density at radius 2 is 1.90 bits per heavy atom. The van der Waals surface area contributed by atoms with E-state index in [1.165, 1.54) is 5.56 Å². The quantitative estimate of drug-likeness (QED) is 0.619. The summed E-state index contributed by atoms with van der Waals surface area (Å²) in [6.45, 7) is 3.52. The van der Waals surface area contributed by atoms with E-state index in [4.69, 9.17) is 4.74 Å². The Morgan fingerprint density at radius 3 is 2.50 bits per heavy atom. The molecular weight excluding hydrogens is 124 g/mol. The van der Waals surface area contributed by atoms with Crippen molar-refractivity contribution in [2.45, 2.75) is 13.5 Å². The third kappa shape index (κ3) is 2.19. The minimum Gasteiger partial charge on any atom is -0.377 e. The van der Waals surface area contributed by atoms with E-state index in [1.807, 2.05) is 25.1 Å². The number of benzene rings is 1. The van der Waals surface area contributed by atoms with Crippen LogP contribution in [0.1, 0.15) is 12.5 Å². The highest BCUT2D eigenvalue weighted by atomic mass is 16.5. The van der Waals surface area contributed by atoms with Gasteiger partial charge in [-0.2, -0.15) is 0 Å². The van der Waals surface area contributed by atoms with Crippen LogP contribution in [0.25, 0.3) is 0 Å². The molecule has 1 rings (SSSR count). The van der Waals surface area contributed by atoms with E-state index < -0.39 is 0 Å². The van der Waals surface area contributed by atoms with Crippen LogP contribution in [0.15, 0.2) is 30.3 Å². The lowest BCUT2D eigenvalue weighted by Gasteiger charge is -1.98. The van der Waals surface area contributed by atoms with E-state index in [0.29, 0.717) is 0 Å². The molecule has 0 bridgehead atoms. The fraction of sp³-hybridized carbons (Fsp3) is 0.333. The molecule has 1 aromatic carbocycles. The standard InChI is InChI=1S/C9H12O/c1-2-10-8-9-6-4-3-5-7-9/h3-7H,2,8H2,1H3. The Bertz CT molecular complexity index is 169. The van der Waals surface area contributed by atoms with Crippen LogP contribution in [0.3, 0.4) is 0 Å². The predicted octanol–water partition coefficient (Wildman–Crippen LogP) is 2.22. The Morgan fingerprint density at radius 1 is 1.20 bits per heavy atom. The van der Waals surface area contributed by atoms with Crippen molar-refractivity contribution in [2.75, 3.05) is 6.61 Å². The van der Waals surface area contributed by atoms with Crippen molar-refractivity contribution < 1.29 is 4.74 Å². The molecule has 0 saturated heterocycles. The number of rotatable bonds is 3. The molecule has 0 spiro atoms. The maximum Gasteiger partial charge on any atom is 0.0716 e. The van der Waals surface area contributed by atoms with Gasteiger partial charge >= 0.3 is 0 Å². The molecule has 0 heterocycles.